The van der Waals surface area contributed by atoms with Gasteiger partial charge in [-0.2, -0.15) is 0 Å². The van der Waals surface area contributed by atoms with Crippen molar-refractivity contribution in [3.63, 3.8) is 0 Å². The highest BCUT2D eigenvalue weighted by Gasteiger charge is 2.39. The Morgan fingerprint density at radius 2 is 2.24 bits per heavy atom. The molecule has 3 rings (SSSR count). The maximum absolute atomic E-state index is 6.05. The number of aromatic nitrogens is 2. The van der Waals surface area contributed by atoms with Crippen molar-refractivity contribution in [3.8, 4) is 0 Å². The van der Waals surface area contributed by atoms with E-state index in [1.165, 1.54) is 32.0 Å². The molecule has 0 amide bonds. The Morgan fingerprint density at radius 1 is 1.35 bits per heavy atom. The summed E-state index contributed by atoms with van der Waals surface area (Å²) in [6.45, 7) is 0.956. The lowest BCUT2D eigenvalue weighted by Gasteiger charge is -2.22. The maximum atomic E-state index is 6.05. The normalized spacial score (nSPS) is 30.8. The first-order chi connectivity index (χ1) is 8.24. The molecule has 1 aromatic rings. The van der Waals surface area contributed by atoms with E-state index in [1.54, 1.807) is 0 Å². The molecule has 1 heterocycles. The van der Waals surface area contributed by atoms with Gasteiger partial charge in [-0.05, 0) is 37.0 Å². The molecule has 2 fully saturated rings. The number of rotatable bonds is 3. The molecule has 2 aliphatic carbocycles. The van der Waals surface area contributed by atoms with Crippen LogP contribution in [0.15, 0.2) is 6.33 Å². The average Bonchev–Trinajstić information content (AvgIpc) is 2.93. The van der Waals surface area contributed by atoms with Crippen molar-refractivity contribution in [1.82, 2.24) is 9.97 Å². The quantitative estimate of drug-likeness (QED) is 0.868. The molecule has 2 bridgehead atoms. The minimum atomic E-state index is 0.345. The Balaban J connectivity index is 1.62. The number of hydrogen-bond acceptors (Lipinski definition) is 4. The summed E-state index contributed by atoms with van der Waals surface area (Å²) in [5.41, 5.74) is 5.64. The molecule has 17 heavy (non-hydrogen) atoms. The van der Waals surface area contributed by atoms with E-state index < -0.39 is 0 Å². The molecule has 2 aliphatic rings. The first-order valence-electron chi connectivity index (χ1n) is 6.24. The van der Waals surface area contributed by atoms with Gasteiger partial charge in [-0.25, -0.2) is 9.97 Å². The highest BCUT2D eigenvalue weighted by atomic mass is 35.5. The fourth-order valence-electron chi connectivity index (χ4n) is 3.36. The predicted octanol–water partition coefficient (Wildman–Crippen LogP) is 2.56. The Morgan fingerprint density at radius 3 is 2.94 bits per heavy atom. The summed E-state index contributed by atoms with van der Waals surface area (Å²) in [6, 6.07) is 0. The Bertz CT molecular complexity index is 423. The second kappa shape index (κ2) is 4.33. The Hall–Kier alpha value is -1.03. The van der Waals surface area contributed by atoms with Crippen LogP contribution in [0, 0.1) is 17.8 Å². The van der Waals surface area contributed by atoms with Gasteiger partial charge in [0, 0.05) is 6.54 Å². The number of halogens is 1. The standard InChI is InChI=1S/C12H17ClN4/c13-10-11(14)16-6-17-12(10)15-5-9-4-7-1-2-8(9)3-7/h6-9H,1-5H2,(H3,14,15,16,17). The van der Waals surface area contributed by atoms with E-state index in [9.17, 15) is 0 Å². The second-order valence-corrected chi connectivity index (χ2v) is 5.62. The first-order valence-corrected chi connectivity index (χ1v) is 6.61. The molecular weight excluding hydrogens is 236 g/mol. The smallest absolute Gasteiger partial charge is 0.150 e. The minimum absolute atomic E-state index is 0.345. The number of nitrogens with zero attached hydrogens (tertiary/aromatic N) is 2. The molecular formula is C12H17ClN4. The van der Waals surface area contributed by atoms with Crippen LogP contribution < -0.4 is 11.1 Å². The number of fused-ring (bicyclic) bond motifs is 2. The zero-order valence-corrected chi connectivity index (χ0v) is 10.5. The fraction of sp³-hybridized carbons (Fsp3) is 0.667. The van der Waals surface area contributed by atoms with E-state index >= 15 is 0 Å². The molecule has 0 aliphatic heterocycles. The van der Waals surface area contributed by atoms with E-state index in [0.29, 0.717) is 16.7 Å². The average molecular weight is 253 g/mol. The molecule has 0 spiro atoms. The number of hydrogen-bond donors (Lipinski definition) is 2. The molecule has 3 N–H and O–H groups in total. The van der Waals surface area contributed by atoms with Gasteiger partial charge < -0.3 is 11.1 Å². The number of nitrogens with one attached hydrogen (secondary N) is 1. The summed E-state index contributed by atoms with van der Waals surface area (Å²) >= 11 is 6.05. The summed E-state index contributed by atoms with van der Waals surface area (Å²) in [5.74, 6) is 3.67. The van der Waals surface area contributed by atoms with Gasteiger partial charge in [-0.3, -0.25) is 0 Å². The molecule has 3 atom stereocenters. The van der Waals surface area contributed by atoms with Crippen LogP contribution in [-0.4, -0.2) is 16.5 Å². The van der Waals surface area contributed by atoms with E-state index in [2.05, 4.69) is 15.3 Å². The third kappa shape index (κ3) is 2.06. The van der Waals surface area contributed by atoms with E-state index in [1.807, 2.05) is 0 Å². The van der Waals surface area contributed by atoms with Crippen LogP contribution in [-0.2, 0) is 0 Å². The molecule has 0 saturated heterocycles. The highest BCUT2D eigenvalue weighted by molar-refractivity contribution is 6.35. The van der Waals surface area contributed by atoms with Crippen LogP contribution in [0.3, 0.4) is 0 Å². The molecule has 0 radical (unpaired) electrons. The number of nitrogen functional groups attached to an aromatic ring is 1. The zero-order valence-electron chi connectivity index (χ0n) is 9.69. The Labute approximate surface area is 106 Å². The summed E-state index contributed by atoms with van der Waals surface area (Å²) in [7, 11) is 0. The van der Waals surface area contributed by atoms with Crippen LogP contribution in [0.2, 0.25) is 5.02 Å². The van der Waals surface area contributed by atoms with Crippen molar-refractivity contribution in [3.05, 3.63) is 11.3 Å². The van der Waals surface area contributed by atoms with E-state index in [0.717, 1.165) is 24.3 Å². The van der Waals surface area contributed by atoms with Crippen LogP contribution >= 0.6 is 11.6 Å². The van der Waals surface area contributed by atoms with E-state index in [4.69, 9.17) is 17.3 Å². The van der Waals surface area contributed by atoms with Gasteiger partial charge in [0.25, 0.3) is 0 Å². The largest absolute Gasteiger partial charge is 0.382 e. The molecule has 0 aromatic carbocycles. The Kier molecular flexibility index (Phi) is 2.82. The second-order valence-electron chi connectivity index (χ2n) is 5.24. The number of anilines is 2. The van der Waals surface area contributed by atoms with Gasteiger partial charge in [-0.1, -0.05) is 18.0 Å². The van der Waals surface area contributed by atoms with Crippen molar-refractivity contribution < 1.29 is 0 Å². The van der Waals surface area contributed by atoms with Gasteiger partial charge in [0.05, 0.1) is 0 Å². The van der Waals surface area contributed by atoms with Crippen molar-refractivity contribution in [2.24, 2.45) is 17.8 Å². The molecule has 92 valence electrons. The molecule has 4 nitrogen and oxygen atoms in total. The van der Waals surface area contributed by atoms with Crippen molar-refractivity contribution >= 4 is 23.2 Å². The molecule has 2 saturated carbocycles. The van der Waals surface area contributed by atoms with Crippen LogP contribution in [0.5, 0.6) is 0 Å². The van der Waals surface area contributed by atoms with Crippen LogP contribution in [0.4, 0.5) is 11.6 Å². The van der Waals surface area contributed by atoms with Gasteiger partial charge in [0.2, 0.25) is 0 Å². The van der Waals surface area contributed by atoms with E-state index in [-0.39, 0.29) is 0 Å². The topological polar surface area (TPSA) is 63.8 Å². The minimum Gasteiger partial charge on any atom is -0.382 e. The molecule has 1 aromatic heterocycles. The van der Waals surface area contributed by atoms with Crippen LogP contribution in [0.1, 0.15) is 25.7 Å². The van der Waals surface area contributed by atoms with Gasteiger partial charge >= 0.3 is 0 Å². The first kappa shape index (κ1) is 11.1. The summed E-state index contributed by atoms with van der Waals surface area (Å²) in [4.78, 5) is 7.98. The third-order valence-corrected chi connectivity index (χ3v) is 4.61. The van der Waals surface area contributed by atoms with Gasteiger partial charge in [0.1, 0.15) is 23.0 Å². The highest BCUT2D eigenvalue weighted by Crippen LogP contribution is 2.48. The van der Waals surface area contributed by atoms with Crippen LogP contribution in [0.25, 0.3) is 0 Å². The summed E-state index contributed by atoms with van der Waals surface area (Å²) in [5, 5.41) is 3.76. The lowest BCUT2D eigenvalue weighted by Crippen LogP contribution is -2.20. The molecule has 5 heteroatoms. The third-order valence-electron chi connectivity index (χ3n) is 4.23. The summed E-state index contributed by atoms with van der Waals surface area (Å²) < 4.78 is 0. The monoisotopic (exact) mass is 252 g/mol. The lowest BCUT2D eigenvalue weighted by atomic mass is 9.89. The van der Waals surface area contributed by atoms with Crippen molar-refractivity contribution in [1.29, 1.82) is 0 Å². The van der Waals surface area contributed by atoms with Gasteiger partial charge in [0.15, 0.2) is 0 Å². The number of nitrogens with two attached hydrogens (primary N) is 1. The zero-order chi connectivity index (χ0) is 11.8. The SMILES string of the molecule is Nc1ncnc(NCC2CC3CCC2C3)c1Cl. The van der Waals surface area contributed by atoms with Crippen molar-refractivity contribution in [2.45, 2.75) is 25.7 Å². The molecule has 3 unspecified atom stereocenters. The maximum Gasteiger partial charge on any atom is 0.150 e. The summed E-state index contributed by atoms with van der Waals surface area (Å²) in [6.07, 6.45) is 7.06. The predicted molar refractivity (Wildman–Crippen MR) is 68.9 cm³/mol. The van der Waals surface area contributed by atoms with Crippen molar-refractivity contribution in [2.75, 3.05) is 17.6 Å². The lowest BCUT2D eigenvalue weighted by molar-refractivity contribution is 0.348. The fourth-order valence-corrected chi connectivity index (χ4v) is 3.53. The van der Waals surface area contributed by atoms with Gasteiger partial charge in [-0.15, -0.1) is 0 Å².